The molecule has 0 heterocycles. The number of halogens is 1. The summed E-state index contributed by atoms with van der Waals surface area (Å²) in [6.07, 6.45) is 0. The largest absolute Gasteiger partial charge is 0.339 e. The van der Waals surface area contributed by atoms with Crippen LogP contribution in [-0.4, -0.2) is 11.7 Å². The van der Waals surface area contributed by atoms with Crippen LogP contribution in [0.3, 0.4) is 0 Å². The molecule has 0 atom stereocenters. The molecule has 2 aromatic rings. The highest BCUT2D eigenvalue weighted by Gasteiger charge is 2.01. The number of carbonyl (C=O) groups excluding carboxylic acids is 1. The van der Waals surface area contributed by atoms with Crippen molar-refractivity contribution in [3.8, 4) is 0 Å². The van der Waals surface area contributed by atoms with Gasteiger partial charge in [-0.1, -0.05) is 41.9 Å². The van der Waals surface area contributed by atoms with Crippen LogP contribution in [0.4, 0.5) is 10.5 Å². The van der Waals surface area contributed by atoms with E-state index in [-0.39, 0.29) is 0 Å². The Hall–Kier alpha value is -2.33. The summed E-state index contributed by atoms with van der Waals surface area (Å²) in [6.45, 7) is 1.83. The van der Waals surface area contributed by atoms with Crippen molar-refractivity contribution in [1.82, 2.24) is 5.43 Å². The van der Waals surface area contributed by atoms with Crippen molar-refractivity contribution in [3.63, 3.8) is 0 Å². The lowest BCUT2D eigenvalue weighted by molar-refractivity contribution is 0.252. The van der Waals surface area contributed by atoms with Crippen molar-refractivity contribution in [3.05, 3.63) is 65.2 Å². The van der Waals surface area contributed by atoms with Gasteiger partial charge in [0.1, 0.15) is 0 Å². The Balaban J connectivity index is 1.93. The summed E-state index contributed by atoms with van der Waals surface area (Å²) in [5.74, 6) is 0. The molecule has 0 aliphatic rings. The minimum absolute atomic E-state index is 0.400. The number of hydrogen-bond acceptors (Lipinski definition) is 2. The van der Waals surface area contributed by atoms with E-state index in [4.69, 9.17) is 11.6 Å². The molecule has 0 bridgehead atoms. The molecule has 102 valence electrons. The van der Waals surface area contributed by atoms with E-state index in [1.165, 1.54) is 0 Å². The summed E-state index contributed by atoms with van der Waals surface area (Å²) in [5, 5.41) is 7.32. The third-order valence-corrected chi connectivity index (χ3v) is 2.87. The van der Waals surface area contributed by atoms with E-state index in [2.05, 4.69) is 15.8 Å². The van der Waals surface area contributed by atoms with Crippen LogP contribution >= 0.6 is 11.6 Å². The second kappa shape index (κ2) is 6.73. The van der Waals surface area contributed by atoms with Gasteiger partial charge in [0.15, 0.2) is 0 Å². The van der Waals surface area contributed by atoms with Crippen LogP contribution in [-0.2, 0) is 0 Å². The van der Waals surface area contributed by atoms with Gasteiger partial charge in [0, 0.05) is 10.7 Å². The Morgan fingerprint density at radius 2 is 1.70 bits per heavy atom. The Kier molecular flexibility index (Phi) is 4.74. The fraction of sp³-hybridized carbons (Fsp3) is 0.0667. The molecular weight excluding hydrogens is 274 g/mol. The Morgan fingerprint density at radius 1 is 1.05 bits per heavy atom. The lowest BCUT2D eigenvalue weighted by Gasteiger charge is -2.05. The molecule has 2 amide bonds. The van der Waals surface area contributed by atoms with Gasteiger partial charge in [0.05, 0.1) is 5.71 Å². The number of nitrogens with one attached hydrogen (secondary N) is 2. The first-order valence-corrected chi connectivity index (χ1v) is 6.45. The summed E-state index contributed by atoms with van der Waals surface area (Å²) in [5.41, 5.74) is 4.79. The van der Waals surface area contributed by atoms with Crippen molar-refractivity contribution < 1.29 is 4.79 Å². The molecule has 0 aliphatic heterocycles. The highest BCUT2D eigenvalue weighted by atomic mass is 35.5. The average Bonchev–Trinajstić information content (AvgIpc) is 2.48. The van der Waals surface area contributed by atoms with Crippen LogP contribution in [0.2, 0.25) is 5.02 Å². The molecule has 0 saturated heterocycles. The van der Waals surface area contributed by atoms with Crippen LogP contribution in [0, 0.1) is 0 Å². The van der Waals surface area contributed by atoms with Gasteiger partial charge in [0.2, 0.25) is 0 Å². The van der Waals surface area contributed by atoms with Crippen LogP contribution < -0.4 is 10.7 Å². The van der Waals surface area contributed by atoms with Crippen molar-refractivity contribution in [2.45, 2.75) is 6.92 Å². The van der Waals surface area contributed by atoms with Crippen LogP contribution in [0.25, 0.3) is 0 Å². The predicted molar refractivity (Wildman–Crippen MR) is 82.3 cm³/mol. The molecular formula is C15H14ClN3O. The maximum atomic E-state index is 11.7. The third kappa shape index (κ3) is 4.10. The summed E-state index contributed by atoms with van der Waals surface area (Å²) in [4.78, 5) is 11.7. The molecule has 2 N–H and O–H groups in total. The molecule has 2 rings (SSSR count). The van der Waals surface area contributed by atoms with Gasteiger partial charge >= 0.3 is 6.03 Å². The monoisotopic (exact) mass is 287 g/mol. The molecule has 20 heavy (non-hydrogen) atoms. The smallest absolute Gasteiger partial charge is 0.307 e. The SMILES string of the molecule is C/C(=N/NC(=O)Nc1ccc(Cl)cc1)c1ccccc1. The van der Waals surface area contributed by atoms with E-state index >= 15 is 0 Å². The number of benzene rings is 2. The van der Waals surface area contributed by atoms with Gasteiger partial charge in [-0.2, -0.15) is 5.10 Å². The number of rotatable bonds is 3. The van der Waals surface area contributed by atoms with E-state index in [0.717, 1.165) is 11.3 Å². The standard InChI is InChI=1S/C15H14ClN3O/c1-11(12-5-3-2-4-6-12)18-19-15(20)17-14-9-7-13(16)8-10-14/h2-10H,1H3,(H2,17,19,20)/b18-11-. The number of anilines is 1. The first-order chi connectivity index (χ1) is 9.65. The fourth-order valence-electron chi connectivity index (χ4n) is 1.57. The normalized spacial score (nSPS) is 11.0. The first-order valence-electron chi connectivity index (χ1n) is 6.07. The van der Waals surface area contributed by atoms with Gasteiger partial charge < -0.3 is 5.32 Å². The number of amides is 2. The van der Waals surface area contributed by atoms with E-state index in [0.29, 0.717) is 10.7 Å². The van der Waals surface area contributed by atoms with Crippen molar-refractivity contribution in [2.75, 3.05) is 5.32 Å². The molecule has 4 nitrogen and oxygen atoms in total. The van der Waals surface area contributed by atoms with Crippen molar-refractivity contribution in [1.29, 1.82) is 0 Å². The maximum absolute atomic E-state index is 11.7. The second-order valence-corrected chi connectivity index (χ2v) is 4.57. The number of nitrogens with zero attached hydrogens (tertiary/aromatic N) is 1. The number of carbonyl (C=O) groups is 1. The Morgan fingerprint density at radius 3 is 2.35 bits per heavy atom. The fourth-order valence-corrected chi connectivity index (χ4v) is 1.70. The summed E-state index contributed by atoms with van der Waals surface area (Å²) < 4.78 is 0. The van der Waals surface area contributed by atoms with Gasteiger partial charge in [-0.3, -0.25) is 0 Å². The first kappa shape index (κ1) is 14.1. The molecule has 2 aromatic carbocycles. The minimum atomic E-state index is -0.400. The van der Waals surface area contributed by atoms with Gasteiger partial charge in [0.25, 0.3) is 0 Å². The third-order valence-electron chi connectivity index (χ3n) is 2.62. The predicted octanol–water partition coefficient (Wildman–Crippen LogP) is 3.89. The highest BCUT2D eigenvalue weighted by molar-refractivity contribution is 6.30. The van der Waals surface area contributed by atoms with E-state index in [9.17, 15) is 4.79 Å². The van der Waals surface area contributed by atoms with Crippen LogP contribution in [0.1, 0.15) is 12.5 Å². The molecule has 0 aliphatic carbocycles. The zero-order valence-electron chi connectivity index (χ0n) is 10.9. The maximum Gasteiger partial charge on any atom is 0.339 e. The highest BCUT2D eigenvalue weighted by Crippen LogP contribution is 2.13. The van der Waals surface area contributed by atoms with Crippen molar-refractivity contribution >= 4 is 29.0 Å². The Labute approximate surface area is 122 Å². The molecule has 0 aromatic heterocycles. The number of hydrazone groups is 1. The van der Waals surface area contributed by atoms with Gasteiger partial charge in [-0.05, 0) is 36.8 Å². The van der Waals surface area contributed by atoms with E-state index < -0.39 is 6.03 Å². The summed E-state index contributed by atoms with van der Waals surface area (Å²) in [6, 6.07) is 16.1. The molecule has 5 heteroatoms. The Bertz CT molecular complexity index is 609. The quantitative estimate of drug-likeness (QED) is 0.653. The minimum Gasteiger partial charge on any atom is -0.307 e. The average molecular weight is 288 g/mol. The van der Waals surface area contributed by atoms with Gasteiger partial charge in [-0.25, -0.2) is 10.2 Å². The lowest BCUT2D eigenvalue weighted by Crippen LogP contribution is -2.25. The van der Waals surface area contributed by atoms with E-state index in [1.54, 1.807) is 24.3 Å². The lowest BCUT2D eigenvalue weighted by atomic mass is 10.1. The van der Waals surface area contributed by atoms with Gasteiger partial charge in [-0.15, -0.1) is 0 Å². The van der Waals surface area contributed by atoms with E-state index in [1.807, 2.05) is 37.3 Å². The number of hydrogen-bond donors (Lipinski definition) is 2. The summed E-state index contributed by atoms with van der Waals surface area (Å²) >= 11 is 5.77. The zero-order chi connectivity index (χ0) is 14.4. The molecule has 0 spiro atoms. The molecule has 0 unspecified atom stereocenters. The zero-order valence-corrected chi connectivity index (χ0v) is 11.7. The number of urea groups is 1. The topological polar surface area (TPSA) is 53.5 Å². The molecule has 0 saturated carbocycles. The molecule has 0 fully saturated rings. The molecule has 0 radical (unpaired) electrons. The van der Waals surface area contributed by atoms with Crippen molar-refractivity contribution in [2.24, 2.45) is 5.10 Å². The van der Waals surface area contributed by atoms with Crippen LogP contribution in [0.15, 0.2) is 59.7 Å². The second-order valence-electron chi connectivity index (χ2n) is 4.14. The summed E-state index contributed by atoms with van der Waals surface area (Å²) in [7, 11) is 0. The van der Waals surface area contributed by atoms with Crippen LogP contribution in [0.5, 0.6) is 0 Å².